The molecule has 2 saturated heterocycles. The number of benzene rings is 1. The van der Waals surface area contributed by atoms with E-state index in [1.807, 2.05) is 18.2 Å². The molecular weight excluding hydrogens is 272 g/mol. The van der Waals surface area contributed by atoms with Crippen LogP contribution in [-0.4, -0.2) is 24.5 Å². The minimum Gasteiger partial charge on any atom is -0.312 e. The fourth-order valence-electron chi connectivity index (χ4n) is 4.22. The van der Waals surface area contributed by atoms with Crippen LogP contribution in [0.5, 0.6) is 0 Å². The SMILES string of the molecule is O=C(CC1CC2CCC(C1)N2)N(CC1CC1)c1ccccc1. The van der Waals surface area contributed by atoms with E-state index < -0.39 is 0 Å². The molecule has 2 bridgehead atoms. The first-order valence-electron chi connectivity index (χ1n) is 8.89. The highest BCUT2D eigenvalue weighted by atomic mass is 16.2. The number of carbonyl (C=O) groups is 1. The van der Waals surface area contributed by atoms with E-state index in [1.165, 1.54) is 38.5 Å². The number of anilines is 1. The number of fused-ring (bicyclic) bond motifs is 2. The van der Waals surface area contributed by atoms with Gasteiger partial charge in [-0.1, -0.05) is 18.2 Å². The van der Waals surface area contributed by atoms with E-state index >= 15 is 0 Å². The van der Waals surface area contributed by atoms with E-state index in [0.717, 1.165) is 24.6 Å². The molecule has 0 spiro atoms. The summed E-state index contributed by atoms with van der Waals surface area (Å²) in [5.41, 5.74) is 1.08. The first-order chi connectivity index (χ1) is 10.8. The van der Waals surface area contributed by atoms with Crippen molar-refractivity contribution < 1.29 is 4.79 Å². The highest BCUT2D eigenvalue weighted by molar-refractivity contribution is 5.93. The van der Waals surface area contributed by atoms with E-state index in [4.69, 9.17) is 0 Å². The smallest absolute Gasteiger partial charge is 0.227 e. The first kappa shape index (κ1) is 14.3. The van der Waals surface area contributed by atoms with Crippen molar-refractivity contribution in [2.45, 2.75) is 57.0 Å². The Hall–Kier alpha value is -1.35. The molecule has 118 valence electrons. The molecule has 1 N–H and O–H groups in total. The van der Waals surface area contributed by atoms with Gasteiger partial charge in [0.05, 0.1) is 0 Å². The summed E-state index contributed by atoms with van der Waals surface area (Å²) >= 11 is 0. The zero-order chi connectivity index (χ0) is 14.9. The monoisotopic (exact) mass is 298 g/mol. The largest absolute Gasteiger partial charge is 0.312 e. The topological polar surface area (TPSA) is 32.3 Å². The Morgan fingerprint density at radius 3 is 2.32 bits per heavy atom. The summed E-state index contributed by atoms with van der Waals surface area (Å²) in [6.45, 7) is 0.917. The first-order valence-corrected chi connectivity index (χ1v) is 8.89. The Morgan fingerprint density at radius 2 is 1.68 bits per heavy atom. The second kappa shape index (κ2) is 6.04. The van der Waals surface area contributed by atoms with Crippen molar-refractivity contribution in [3.05, 3.63) is 30.3 Å². The molecule has 2 aliphatic heterocycles. The van der Waals surface area contributed by atoms with E-state index in [-0.39, 0.29) is 0 Å². The van der Waals surface area contributed by atoms with E-state index in [2.05, 4.69) is 22.3 Å². The predicted molar refractivity (Wildman–Crippen MR) is 88.8 cm³/mol. The molecule has 1 aromatic carbocycles. The zero-order valence-corrected chi connectivity index (χ0v) is 13.2. The average molecular weight is 298 g/mol. The molecule has 1 aliphatic carbocycles. The molecule has 2 unspecified atom stereocenters. The number of hydrogen-bond acceptors (Lipinski definition) is 2. The summed E-state index contributed by atoms with van der Waals surface area (Å²) in [4.78, 5) is 15.0. The van der Waals surface area contributed by atoms with E-state index in [1.54, 1.807) is 0 Å². The minimum atomic E-state index is 0.337. The highest BCUT2D eigenvalue weighted by Gasteiger charge is 2.35. The summed E-state index contributed by atoms with van der Waals surface area (Å²) in [7, 11) is 0. The maximum Gasteiger partial charge on any atom is 0.227 e. The standard InChI is InChI=1S/C19H26N2O/c22-19(12-15-10-16-8-9-17(11-15)20-16)21(13-14-6-7-14)18-4-2-1-3-5-18/h1-5,14-17,20H,6-13H2. The summed E-state index contributed by atoms with van der Waals surface area (Å²) in [5.74, 6) is 1.65. The fourth-order valence-corrected chi connectivity index (χ4v) is 4.22. The van der Waals surface area contributed by atoms with Gasteiger partial charge in [0, 0.05) is 30.7 Å². The van der Waals surface area contributed by atoms with Crippen LogP contribution >= 0.6 is 0 Å². The lowest BCUT2D eigenvalue weighted by Gasteiger charge is -2.31. The second-order valence-corrected chi connectivity index (χ2v) is 7.46. The molecule has 0 aromatic heterocycles. The van der Waals surface area contributed by atoms with Crippen LogP contribution < -0.4 is 10.2 Å². The molecular formula is C19H26N2O. The molecule has 3 aliphatic rings. The second-order valence-electron chi connectivity index (χ2n) is 7.46. The van der Waals surface area contributed by atoms with Crippen LogP contribution in [0, 0.1) is 11.8 Å². The number of para-hydroxylation sites is 1. The van der Waals surface area contributed by atoms with Crippen LogP contribution in [0.2, 0.25) is 0 Å². The zero-order valence-electron chi connectivity index (χ0n) is 13.2. The van der Waals surface area contributed by atoms with Gasteiger partial charge < -0.3 is 10.2 Å². The van der Waals surface area contributed by atoms with Gasteiger partial charge in [0.2, 0.25) is 5.91 Å². The molecule has 22 heavy (non-hydrogen) atoms. The van der Waals surface area contributed by atoms with Crippen molar-refractivity contribution in [2.24, 2.45) is 11.8 Å². The van der Waals surface area contributed by atoms with Crippen molar-refractivity contribution in [3.8, 4) is 0 Å². The van der Waals surface area contributed by atoms with Gasteiger partial charge in [-0.3, -0.25) is 4.79 Å². The Bertz CT molecular complexity index is 513. The Kier molecular flexibility index (Phi) is 3.91. The normalized spacial score (nSPS) is 30.3. The molecule has 3 heteroatoms. The Morgan fingerprint density at radius 1 is 1.00 bits per heavy atom. The molecule has 2 heterocycles. The van der Waals surface area contributed by atoms with Crippen molar-refractivity contribution in [1.29, 1.82) is 0 Å². The van der Waals surface area contributed by atoms with Crippen molar-refractivity contribution >= 4 is 11.6 Å². The third-order valence-corrected chi connectivity index (χ3v) is 5.54. The van der Waals surface area contributed by atoms with Crippen LogP contribution in [-0.2, 0) is 4.79 Å². The summed E-state index contributed by atoms with van der Waals surface area (Å²) in [6.07, 6.45) is 8.29. The maximum atomic E-state index is 12.9. The van der Waals surface area contributed by atoms with Gasteiger partial charge in [-0.15, -0.1) is 0 Å². The van der Waals surface area contributed by atoms with Crippen molar-refractivity contribution in [1.82, 2.24) is 5.32 Å². The van der Waals surface area contributed by atoms with Gasteiger partial charge >= 0.3 is 0 Å². The van der Waals surface area contributed by atoms with Crippen LogP contribution in [0.1, 0.15) is 44.9 Å². The Balaban J connectivity index is 1.43. The minimum absolute atomic E-state index is 0.337. The fraction of sp³-hybridized carbons (Fsp3) is 0.632. The van der Waals surface area contributed by atoms with Crippen LogP contribution in [0.25, 0.3) is 0 Å². The number of nitrogens with one attached hydrogen (secondary N) is 1. The average Bonchev–Trinajstić information content (AvgIpc) is 3.29. The molecule has 2 atom stereocenters. The Labute approximate surface area is 133 Å². The maximum absolute atomic E-state index is 12.9. The van der Waals surface area contributed by atoms with Crippen molar-refractivity contribution in [2.75, 3.05) is 11.4 Å². The van der Waals surface area contributed by atoms with Crippen molar-refractivity contribution in [3.63, 3.8) is 0 Å². The summed E-state index contributed by atoms with van der Waals surface area (Å²) in [6, 6.07) is 11.6. The molecule has 1 amide bonds. The van der Waals surface area contributed by atoms with Gasteiger partial charge in [0.1, 0.15) is 0 Å². The molecule has 3 fully saturated rings. The lowest BCUT2D eigenvalue weighted by molar-refractivity contribution is -0.119. The van der Waals surface area contributed by atoms with Gasteiger partial charge in [0.25, 0.3) is 0 Å². The lowest BCUT2D eigenvalue weighted by atomic mass is 9.89. The summed E-state index contributed by atoms with van der Waals surface area (Å²) in [5, 5.41) is 3.67. The van der Waals surface area contributed by atoms with Gasteiger partial charge in [0.15, 0.2) is 0 Å². The third kappa shape index (κ3) is 3.19. The highest BCUT2D eigenvalue weighted by Crippen LogP contribution is 2.35. The van der Waals surface area contributed by atoms with Gasteiger partial charge in [-0.2, -0.15) is 0 Å². The molecule has 0 radical (unpaired) electrons. The third-order valence-electron chi connectivity index (χ3n) is 5.54. The number of amides is 1. The number of nitrogens with zero attached hydrogens (tertiary/aromatic N) is 1. The molecule has 4 rings (SSSR count). The number of piperidine rings is 1. The van der Waals surface area contributed by atoms with Crippen LogP contribution in [0.3, 0.4) is 0 Å². The van der Waals surface area contributed by atoms with E-state index in [9.17, 15) is 4.79 Å². The van der Waals surface area contributed by atoms with Gasteiger partial charge in [-0.05, 0) is 62.5 Å². The van der Waals surface area contributed by atoms with Crippen LogP contribution in [0.4, 0.5) is 5.69 Å². The molecule has 3 nitrogen and oxygen atoms in total. The number of rotatable bonds is 5. The molecule has 1 aromatic rings. The molecule has 1 saturated carbocycles. The lowest BCUT2D eigenvalue weighted by Crippen LogP contribution is -2.41. The van der Waals surface area contributed by atoms with Gasteiger partial charge in [-0.25, -0.2) is 0 Å². The number of hydrogen-bond donors (Lipinski definition) is 1. The summed E-state index contributed by atoms with van der Waals surface area (Å²) < 4.78 is 0. The van der Waals surface area contributed by atoms with Crippen LogP contribution in [0.15, 0.2) is 30.3 Å². The quantitative estimate of drug-likeness (QED) is 0.904. The predicted octanol–water partition coefficient (Wildman–Crippen LogP) is 3.35. The van der Waals surface area contributed by atoms with E-state index in [0.29, 0.717) is 23.9 Å². The number of carbonyl (C=O) groups excluding carboxylic acids is 1.